The van der Waals surface area contributed by atoms with Crippen molar-refractivity contribution < 1.29 is 24.2 Å². The number of phenols is 1. The SMILES string of the molecule is CCCCCCCCN(C(=O)C(Cc1ccccc1)NC(=O)OC(C)(C)C)C(C(=O)Nc1ccccc1C)c1ccc(O)c(C)c1. The van der Waals surface area contributed by atoms with Crippen molar-refractivity contribution >= 4 is 23.6 Å². The van der Waals surface area contributed by atoms with Crippen molar-refractivity contribution in [3.05, 3.63) is 95.1 Å². The van der Waals surface area contributed by atoms with Crippen LogP contribution in [0.2, 0.25) is 0 Å². The maximum atomic E-state index is 14.7. The monoisotopic (exact) mass is 629 g/mol. The van der Waals surface area contributed by atoms with E-state index in [9.17, 15) is 19.5 Å². The highest BCUT2D eigenvalue weighted by Crippen LogP contribution is 2.29. The molecule has 0 spiro atoms. The van der Waals surface area contributed by atoms with E-state index >= 15 is 0 Å². The molecule has 0 aliphatic heterocycles. The van der Waals surface area contributed by atoms with Crippen LogP contribution in [-0.2, 0) is 20.7 Å². The zero-order valence-corrected chi connectivity index (χ0v) is 28.3. The number of rotatable bonds is 15. The van der Waals surface area contributed by atoms with Gasteiger partial charge in [-0.3, -0.25) is 9.59 Å². The Balaban J connectivity index is 2.07. The van der Waals surface area contributed by atoms with Gasteiger partial charge < -0.3 is 25.4 Å². The summed E-state index contributed by atoms with van der Waals surface area (Å²) in [5, 5.41) is 16.2. The van der Waals surface area contributed by atoms with E-state index < -0.39 is 23.8 Å². The highest BCUT2D eigenvalue weighted by atomic mass is 16.6. The van der Waals surface area contributed by atoms with E-state index in [1.54, 1.807) is 50.8 Å². The second-order valence-electron chi connectivity index (χ2n) is 12.9. The quantitative estimate of drug-likeness (QED) is 0.148. The molecule has 0 aromatic heterocycles. The lowest BCUT2D eigenvalue weighted by molar-refractivity contribution is -0.140. The normalized spacial score (nSPS) is 12.6. The van der Waals surface area contributed by atoms with Gasteiger partial charge in [0.1, 0.15) is 23.4 Å². The first-order valence-corrected chi connectivity index (χ1v) is 16.4. The van der Waals surface area contributed by atoms with Gasteiger partial charge in [0, 0.05) is 18.7 Å². The van der Waals surface area contributed by atoms with E-state index in [1.807, 2.05) is 61.5 Å². The van der Waals surface area contributed by atoms with Crippen molar-refractivity contribution in [2.45, 2.75) is 104 Å². The van der Waals surface area contributed by atoms with Gasteiger partial charge in [0.2, 0.25) is 5.91 Å². The first-order valence-electron chi connectivity index (χ1n) is 16.4. The van der Waals surface area contributed by atoms with Gasteiger partial charge in [-0.15, -0.1) is 0 Å². The van der Waals surface area contributed by atoms with Gasteiger partial charge in [-0.25, -0.2) is 4.79 Å². The third-order valence-electron chi connectivity index (χ3n) is 7.81. The summed E-state index contributed by atoms with van der Waals surface area (Å²) in [7, 11) is 0. The number of alkyl carbamates (subject to hydrolysis) is 1. The molecule has 0 heterocycles. The fourth-order valence-electron chi connectivity index (χ4n) is 5.36. The fraction of sp³-hybridized carbons (Fsp3) is 0.447. The zero-order valence-electron chi connectivity index (χ0n) is 28.3. The molecule has 0 fully saturated rings. The third kappa shape index (κ3) is 11.2. The first-order chi connectivity index (χ1) is 21.9. The van der Waals surface area contributed by atoms with Gasteiger partial charge in [0.05, 0.1) is 0 Å². The van der Waals surface area contributed by atoms with Crippen molar-refractivity contribution in [2.75, 3.05) is 11.9 Å². The van der Waals surface area contributed by atoms with E-state index in [-0.39, 0.29) is 24.0 Å². The maximum Gasteiger partial charge on any atom is 0.408 e. The molecule has 46 heavy (non-hydrogen) atoms. The number of phenolic OH excluding ortho intramolecular Hbond substituents is 1. The van der Waals surface area contributed by atoms with E-state index in [2.05, 4.69) is 17.6 Å². The number of benzene rings is 3. The topological polar surface area (TPSA) is 108 Å². The van der Waals surface area contributed by atoms with Crippen molar-refractivity contribution in [1.82, 2.24) is 10.2 Å². The number of anilines is 1. The molecule has 3 rings (SSSR count). The Morgan fingerprint density at radius 1 is 0.848 bits per heavy atom. The minimum atomic E-state index is -1.03. The van der Waals surface area contributed by atoms with Crippen LogP contribution < -0.4 is 10.6 Å². The molecule has 0 radical (unpaired) electrons. The molecule has 3 amide bonds. The molecular weight excluding hydrogens is 578 g/mol. The Hall–Kier alpha value is -4.33. The predicted molar refractivity (Wildman–Crippen MR) is 184 cm³/mol. The molecule has 3 N–H and O–H groups in total. The van der Waals surface area contributed by atoms with E-state index in [1.165, 1.54) is 0 Å². The number of hydrogen-bond acceptors (Lipinski definition) is 5. The fourth-order valence-corrected chi connectivity index (χ4v) is 5.36. The number of amides is 3. The molecular formula is C38H51N3O5. The lowest BCUT2D eigenvalue weighted by Crippen LogP contribution is -2.53. The molecule has 0 saturated heterocycles. The average molecular weight is 630 g/mol. The Kier molecular flexibility index (Phi) is 13.7. The molecule has 2 atom stereocenters. The van der Waals surface area contributed by atoms with Crippen molar-refractivity contribution in [3.63, 3.8) is 0 Å². The number of para-hydroxylation sites is 1. The van der Waals surface area contributed by atoms with Gasteiger partial charge in [-0.05, 0) is 81.5 Å². The van der Waals surface area contributed by atoms with Crippen LogP contribution in [0.4, 0.5) is 10.5 Å². The number of nitrogens with one attached hydrogen (secondary N) is 2. The van der Waals surface area contributed by atoms with E-state index in [4.69, 9.17) is 4.74 Å². The van der Waals surface area contributed by atoms with Gasteiger partial charge in [0.15, 0.2) is 0 Å². The Morgan fingerprint density at radius 2 is 1.50 bits per heavy atom. The third-order valence-corrected chi connectivity index (χ3v) is 7.81. The van der Waals surface area contributed by atoms with Crippen molar-refractivity contribution in [1.29, 1.82) is 0 Å². The van der Waals surface area contributed by atoms with Gasteiger partial charge in [0.25, 0.3) is 5.91 Å². The number of nitrogens with zero attached hydrogens (tertiary/aromatic N) is 1. The Labute approximate surface area is 274 Å². The van der Waals surface area contributed by atoms with Crippen LogP contribution in [0.25, 0.3) is 0 Å². The molecule has 8 nitrogen and oxygen atoms in total. The molecule has 3 aromatic rings. The summed E-state index contributed by atoms with van der Waals surface area (Å²) in [6.45, 7) is 11.5. The smallest absolute Gasteiger partial charge is 0.408 e. The first kappa shape index (κ1) is 36.1. The summed E-state index contributed by atoms with van der Waals surface area (Å²) in [4.78, 5) is 43.7. The van der Waals surface area contributed by atoms with E-state index in [0.29, 0.717) is 29.8 Å². The number of carbonyl (C=O) groups excluding carboxylic acids is 3. The summed E-state index contributed by atoms with van der Waals surface area (Å²) >= 11 is 0. The van der Waals surface area contributed by atoms with Crippen LogP contribution in [0.15, 0.2) is 72.8 Å². The van der Waals surface area contributed by atoms with Crippen LogP contribution in [0.1, 0.15) is 94.5 Å². The van der Waals surface area contributed by atoms with Crippen LogP contribution in [0.5, 0.6) is 5.75 Å². The molecule has 8 heteroatoms. The van der Waals surface area contributed by atoms with E-state index in [0.717, 1.165) is 43.2 Å². The zero-order chi connectivity index (χ0) is 33.7. The average Bonchev–Trinajstić information content (AvgIpc) is 3.00. The minimum absolute atomic E-state index is 0.101. The summed E-state index contributed by atoms with van der Waals surface area (Å²) < 4.78 is 5.56. The summed E-state index contributed by atoms with van der Waals surface area (Å²) in [5.74, 6) is -0.669. The molecule has 3 aromatic carbocycles. The van der Waals surface area contributed by atoms with Crippen LogP contribution in [0.3, 0.4) is 0 Å². The summed E-state index contributed by atoms with van der Waals surface area (Å²) in [5.41, 5.74) is 2.79. The number of carbonyl (C=O) groups is 3. The van der Waals surface area contributed by atoms with Crippen LogP contribution >= 0.6 is 0 Å². The van der Waals surface area contributed by atoms with Gasteiger partial charge in [-0.2, -0.15) is 0 Å². The molecule has 0 bridgehead atoms. The highest BCUT2D eigenvalue weighted by molar-refractivity contribution is 5.99. The Bertz CT molecular complexity index is 1430. The van der Waals surface area contributed by atoms with Crippen molar-refractivity contribution in [2.24, 2.45) is 0 Å². The number of hydrogen-bond donors (Lipinski definition) is 3. The highest BCUT2D eigenvalue weighted by Gasteiger charge is 2.36. The van der Waals surface area contributed by atoms with Gasteiger partial charge >= 0.3 is 6.09 Å². The lowest BCUT2D eigenvalue weighted by atomic mass is 9.98. The Morgan fingerprint density at radius 3 is 2.15 bits per heavy atom. The predicted octanol–water partition coefficient (Wildman–Crippen LogP) is 8.01. The standard InChI is InChI=1S/C38H51N3O5/c1-7-8-9-10-11-17-24-41(36(44)32(26-29-19-13-12-14-20-29)40-37(45)46-38(4,5)6)34(30-22-23-33(42)28(3)25-30)35(43)39-31-21-16-15-18-27(31)2/h12-16,18-23,25,32,34,42H,7-11,17,24,26H2,1-6H3,(H,39,43)(H,40,45). The van der Waals surface area contributed by atoms with Gasteiger partial charge in [-0.1, -0.05) is 93.6 Å². The largest absolute Gasteiger partial charge is 0.508 e. The second kappa shape index (κ2) is 17.4. The minimum Gasteiger partial charge on any atom is -0.508 e. The summed E-state index contributed by atoms with van der Waals surface area (Å²) in [6, 6.07) is 19.9. The van der Waals surface area contributed by atoms with Crippen LogP contribution in [0, 0.1) is 13.8 Å². The maximum absolute atomic E-state index is 14.7. The van der Waals surface area contributed by atoms with Crippen LogP contribution in [-0.4, -0.2) is 46.1 Å². The second-order valence-corrected chi connectivity index (χ2v) is 12.9. The number of aryl methyl sites for hydroxylation is 2. The molecule has 0 aliphatic carbocycles. The molecule has 2 unspecified atom stereocenters. The number of unbranched alkanes of at least 4 members (excludes halogenated alkanes) is 5. The number of aromatic hydroxyl groups is 1. The summed E-state index contributed by atoms with van der Waals surface area (Å²) in [6.07, 6.45) is 5.50. The molecule has 0 saturated carbocycles. The van der Waals surface area contributed by atoms with Crippen molar-refractivity contribution in [3.8, 4) is 5.75 Å². The number of ether oxygens (including phenoxy) is 1. The lowest BCUT2D eigenvalue weighted by Gasteiger charge is -2.35. The molecule has 248 valence electrons. The molecule has 0 aliphatic rings.